The SMILES string of the molecule is Cc1cc(CN)c(F)cc1O.Cl. The molecule has 0 aliphatic rings. The van der Waals surface area contributed by atoms with Crippen molar-refractivity contribution in [1.29, 1.82) is 0 Å². The summed E-state index contributed by atoms with van der Waals surface area (Å²) < 4.78 is 12.8. The minimum atomic E-state index is -0.449. The first-order chi connectivity index (χ1) is 5.15. The van der Waals surface area contributed by atoms with Gasteiger partial charge in [0.15, 0.2) is 0 Å². The van der Waals surface area contributed by atoms with Gasteiger partial charge in [-0.1, -0.05) is 0 Å². The van der Waals surface area contributed by atoms with Crippen LogP contribution in [0.4, 0.5) is 4.39 Å². The van der Waals surface area contributed by atoms with Crippen molar-refractivity contribution in [2.24, 2.45) is 5.73 Å². The number of aromatic hydroxyl groups is 1. The molecule has 68 valence electrons. The van der Waals surface area contributed by atoms with Crippen LogP contribution in [0.1, 0.15) is 11.1 Å². The molecule has 0 aromatic heterocycles. The number of phenolic OH excluding ortho intramolecular Hbond substituents is 1. The van der Waals surface area contributed by atoms with Gasteiger partial charge in [0, 0.05) is 18.2 Å². The molecule has 0 atom stereocenters. The number of nitrogens with two attached hydrogens (primary N) is 1. The van der Waals surface area contributed by atoms with Gasteiger partial charge in [0.2, 0.25) is 0 Å². The molecule has 12 heavy (non-hydrogen) atoms. The van der Waals surface area contributed by atoms with Crippen LogP contribution in [0.5, 0.6) is 5.75 Å². The van der Waals surface area contributed by atoms with Crippen molar-refractivity contribution in [2.45, 2.75) is 13.5 Å². The van der Waals surface area contributed by atoms with E-state index >= 15 is 0 Å². The molecule has 3 N–H and O–H groups in total. The van der Waals surface area contributed by atoms with Gasteiger partial charge in [0.05, 0.1) is 0 Å². The molecule has 0 saturated carbocycles. The summed E-state index contributed by atoms with van der Waals surface area (Å²) in [7, 11) is 0. The average molecular weight is 192 g/mol. The van der Waals surface area contributed by atoms with Gasteiger partial charge in [0.25, 0.3) is 0 Å². The maximum absolute atomic E-state index is 12.8. The minimum Gasteiger partial charge on any atom is -0.508 e. The Kier molecular flexibility index (Phi) is 4.00. The Morgan fingerprint density at radius 2 is 2.08 bits per heavy atom. The molecule has 0 radical (unpaired) electrons. The highest BCUT2D eigenvalue weighted by atomic mass is 35.5. The zero-order chi connectivity index (χ0) is 8.43. The number of hydrogen-bond donors (Lipinski definition) is 2. The molecule has 1 aromatic rings. The zero-order valence-corrected chi connectivity index (χ0v) is 7.49. The summed E-state index contributed by atoms with van der Waals surface area (Å²) in [6, 6.07) is 2.63. The fraction of sp³-hybridized carbons (Fsp3) is 0.250. The lowest BCUT2D eigenvalue weighted by molar-refractivity contribution is 0.463. The molecule has 1 aromatic carbocycles. The number of hydrogen-bond acceptors (Lipinski definition) is 2. The van der Waals surface area contributed by atoms with Crippen molar-refractivity contribution in [1.82, 2.24) is 0 Å². The predicted octanol–water partition coefficient (Wildman–Crippen LogP) is 1.72. The number of aryl methyl sites for hydroxylation is 1. The van der Waals surface area contributed by atoms with Gasteiger partial charge in [-0.2, -0.15) is 0 Å². The van der Waals surface area contributed by atoms with E-state index in [2.05, 4.69) is 0 Å². The zero-order valence-electron chi connectivity index (χ0n) is 6.67. The van der Waals surface area contributed by atoms with Crippen LogP contribution in [0.25, 0.3) is 0 Å². The van der Waals surface area contributed by atoms with Crippen LogP contribution < -0.4 is 5.73 Å². The van der Waals surface area contributed by atoms with Crippen LogP contribution in [0.15, 0.2) is 12.1 Å². The molecule has 0 heterocycles. The largest absolute Gasteiger partial charge is 0.508 e. The predicted molar refractivity (Wildman–Crippen MR) is 47.9 cm³/mol. The third-order valence-corrected chi connectivity index (χ3v) is 1.58. The summed E-state index contributed by atoms with van der Waals surface area (Å²) >= 11 is 0. The van der Waals surface area contributed by atoms with Gasteiger partial charge in [-0.25, -0.2) is 4.39 Å². The van der Waals surface area contributed by atoms with Crippen LogP contribution >= 0.6 is 12.4 Å². The molecule has 2 nitrogen and oxygen atoms in total. The normalized spacial score (nSPS) is 9.25. The van der Waals surface area contributed by atoms with E-state index < -0.39 is 5.82 Å². The van der Waals surface area contributed by atoms with Crippen LogP contribution in [-0.4, -0.2) is 5.11 Å². The Hall–Kier alpha value is -0.800. The van der Waals surface area contributed by atoms with Crippen molar-refractivity contribution in [3.63, 3.8) is 0 Å². The first-order valence-corrected chi connectivity index (χ1v) is 3.33. The molecule has 0 fully saturated rings. The molecule has 0 aliphatic heterocycles. The number of halogens is 2. The van der Waals surface area contributed by atoms with Gasteiger partial charge in [-0.3, -0.25) is 0 Å². The van der Waals surface area contributed by atoms with Gasteiger partial charge in [-0.05, 0) is 18.6 Å². The molecule has 4 heteroatoms. The van der Waals surface area contributed by atoms with Crippen LogP contribution in [0.2, 0.25) is 0 Å². The number of rotatable bonds is 1. The quantitative estimate of drug-likeness (QED) is 0.710. The van der Waals surface area contributed by atoms with Crippen molar-refractivity contribution in [3.05, 3.63) is 29.1 Å². The number of benzene rings is 1. The van der Waals surface area contributed by atoms with Crippen LogP contribution in [-0.2, 0) is 6.54 Å². The summed E-state index contributed by atoms with van der Waals surface area (Å²) in [5.74, 6) is -0.477. The molecular formula is C8H11ClFNO. The van der Waals surface area contributed by atoms with Crippen molar-refractivity contribution in [2.75, 3.05) is 0 Å². The van der Waals surface area contributed by atoms with E-state index in [0.717, 1.165) is 6.07 Å². The Bertz CT molecular complexity index is 278. The van der Waals surface area contributed by atoms with Crippen molar-refractivity contribution in [3.8, 4) is 5.75 Å². The van der Waals surface area contributed by atoms with E-state index in [0.29, 0.717) is 11.1 Å². The van der Waals surface area contributed by atoms with E-state index in [1.807, 2.05) is 0 Å². The molecule has 0 aliphatic carbocycles. The summed E-state index contributed by atoms with van der Waals surface area (Å²) in [4.78, 5) is 0. The van der Waals surface area contributed by atoms with Gasteiger partial charge in [0.1, 0.15) is 11.6 Å². The third-order valence-electron chi connectivity index (χ3n) is 1.58. The first kappa shape index (κ1) is 11.2. The Morgan fingerprint density at radius 1 is 1.50 bits per heavy atom. The Morgan fingerprint density at radius 3 is 2.58 bits per heavy atom. The van der Waals surface area contributed by atoms with Gasteiger partial charge >= 0.3 is 0 Å². The van der Waals surface area contributed by atoms with E-state index in [1.165, 1.54) is 0 Å². The van der Waals surface area contributed by atoms with Crippen molar-refractivity contribution < 1.29 is 9.50 Å². The highest BCUT2D eigenvalue weighted by Gasteiger charge is 2.03. The maximum Gasteiger partial charge on any atom is 0.131 e. The lowest BCUT2D eigenvalue weighted by Gasteiger charge is -2.02. The third kappa shape index (κ3) is 2.09. The van der Waals surface area contributed by atoms with E-state index in [-0.39, 0.29) is 24.7 Å². The molecule has 1 rings (SSSR count). The summed E-state index contributed by atoms with van der Waals surface area (Å²) in [5.41, 5.74) is 6.32. The second-order valence-corrected chi connectivity index (χ2v) is 2.43. The van der Waals surface area contributed by atoms with Gasteiger partial charge in [-0.15, -0.1) is 12.4 Å². The molecule has 0 spiro atoms. The van der Waals surface area contributed by atoms with E-state index in [1.54, 1.807) is 13.0 Å². The Balaban J connectivity index is 0.00000121. The van der Waals surface area contributed by atoms with E-state index in [9.17, 15) is 4.39 Å². The molecule has 0 saturated heterocycles. The average Bonchev–Trinajstić information content (AvgIpc) is 1.97. The standard InChI is InChI=1S/C8H10FNO.ClH/c1-5-2-6(4-10)7(9)3-8(5)11;/h2-3,11H,4,10H2,1H3;1H. The fourth-order valence-electron chi connectivity index (χ4n) is 0.887. The second kappa shape index (κ2) is 4.28. The highest BCUT2D eigenvalue weighted by Crippen LogP contribution is 2.19. The number of phenols is 1. The lowest BCUT2D eigenvalue weighted by atomic mass is 10.1. The minimum absolute atomic E-state index is 0. The molecule has 0 unspecified atom stereocenters. The molecule has 0 amide bonds. The maximum atomic E-state index is 12.8. The first-order valence-electron chi connectivity index (χ1n) is 3.33. The van der Waals surface area contributed by atoms with E-state index in [4.69, 9.17) is 10.8 Å². The lowest BCUT2D eigenvalue weighted by Crippen LogP contribution is -1.99. The van der Waals surface area contributed by atoms with Gasteiger partial charge < -0.3 is 10.8 Å². The molecule has 0 bridgehead atoms. The summed E-state index contributed by atoms with van der Waals surface area (Å²) in [6.07, 6.45) is 0. The molecular weight excluding hydrogens is 181 g/mol. The summed E-state index contributed by atoms with van der Waals surface area (Å²) in [5, 5.41) is 9.04. The monoisotopic (exact) mass is 191 g/mol. The smallest absolute Gasteiger partial charge is 0.131 e. The Labute approximate surface area is 76.6 Å². The van der Waals surface area contributed by atoms with Crippen LogP contribution in [0, 0.1) is 12.7 Å². The second-order valence-electron chi connectivity index (χ2n) is 2.43. The highest BCUT2D eigenvalue weighted by molar-refractivity contribution is 5.85. The summed E-state index contributed by atoms with van der Waals surface area (Å²) in [6.45, 7) is 1.86. The fourth-order valence-corrected chi connectivity index (χ4v) is 0.887. The topological polar surface area (TPSA) is 46.2 Å². The van der Waals surface area contributed by atoms with Crippen LogP contribution in [0.3, 0.4) is 0 Å². The van der Waals surface area contributed by atoms with Crippen molar-refractivity contribution >= 4 is 12.4 Å².